The zero-order chi connectivity index (χ0) is 17.3. The van der Waals surface area contributed by atoms with Gasteiger partial charge in [0.2, 0.25) is 5.95 Å². The molecule has 8 nitrogen and oxygen atoms in total. The summed E-state index contributed by atoms with van der Waals surface area (Å²) in [6.45, 7) is 7.09. The molecule has 1 unspecified atom stereocenters. The van der Waals surface area contributed by atoms with E-state index in [0.717, 1.165) is 24.4 Å². The fourth-order valence-electron chi connectivity index (χ4n) is 3.22. The SMILES string of the molecule is CCCN1CC(C)(O)Cn2c1nc1c(N)nc(NCCOC)cc12. The van der Waals surface area contributed by atoms with Crippen LogP contribution in [-0.2, 0) is 11.3 Å². The van der Waals surface area contributed by atoms with Crippen molar-refractivity contribution in [3.05, 3.63) is 6.07 Å². The molecular weight excluding hydrogens is 308 g/mol. The molecule has 0 aliphatic carbocycles. The molecule has 24 heavy (non-hydrogen) atoms. The molecule has 3 rings (SSSR count). The lowest BCUT2D eigenvalue weighted by Crippen LogP contribution is -2.49. The molecule has 0 radical (unpaired) electrons. The van der Waals surface area contributed by atoms with Crippen molar-refractivity contribution in [1.82, 2.24) is 14.5 Å². The second-order valence-corrected chi connectivity index (χ2v) is 6.60. The highest BCUT2D eigenvalue weighted by Gasteiger charge is 2.34. The van der Waals surface area contributed by atoms with Crippen molar-refractivity contribution in [2.75, 3.05) is 49.3 Å². The Balaban J connectivity index is 2.04. The van der Waals surface area contributed by atoms with Crippen LogP contribution in [0.4, 0.5) is 17.6 Å². The molecule has 0 saturated heterocycles. The van der Waals surface area contributed by atoms with Crippen molar-refractivity contribution in [2.24, 2.45) is 0 Å². The quantitative estimate of drug-likeness (QED) is 0.679. The van der Waals surface area contributed by atoms with Crippen molar-refractivity contribution in [3.8, 4) is 0 Å². The number of β-amino-alcohol motifs (C(OH)–C–C–N with tert-alkyl or cyclic N) is 1. The average Bonchev–Trinajstić information content (AvgIpc) is 2.86. The number of fused-ring (bicyclic) bond motifs is 3. The summed E-state index contributed by atoms with van der Waals surface area (Å²) in [5.41, 5.74) is 6.88. The van der Waals surface area contributed by atoms with Crippen LogP contribution in [0.1, 0.15) is 20.3 Å². The number of hydrogen-bond donors (Lipinski definition) is 3. The van der Waals surface area contributed by atoms with E-state index in [0.29, 0.717) is 43.4 Å². The van der Waals surface area contributed by atoms with Gasteiger partial charge in [0.25, 0.3) is 0 Å². The lowest BCUT2D eigenvalue weighted by molar-refractivity contribution is 0.0416. The van der Waals surface area contributed by atoms with E-state index in [4.69, 9.17) is 15.5 Å². The first-order chi connectivity index (χ1) is 11.4. The zero-order valence-electron chi connectivity index (χ0n) is 14.5. The summed E-state index contributed by atoms with van der Waals surface area (Å²) < 4.78 is 7.08. The summed E-state index contributed by atoms with van der Waals surface area (Å²) in [6.07, 6.45) is 0.983. The Hall–Kier alpha value is -2.06. The van der Waals surface area contributed by atoms with E-state index in [1.54, 1.807) is 7.11 Å². The highest BCUT2D eigenvalue weighted by atomic mass is 16.5. The molecule has 1 aliphatic rings. The number of hydrogen-bond acceptors (Lipinski definition) is 7. The molecule has 0 saturated carbocycles. The third-order valence-electron chi connectivity index (χ3n) is 4.16. The van der Waals surface area contributed by atoms with Crippen LogP contribution in [0.25, 0.3) is 11.0 Å². The van der Waals surface area contributed by atoms with Gasteiger partial charge in [-0.1, -0.05) is 6.92 Å². The minimum absolute atomic E-state index is 0.394. The topological polar surface area (TPSA) is 101 Å². The standard InChI is InChI=1S/C16H26N6O2/c1-4-6-21-9-16(2,23)10-22-11-8-12(18-5-7-24-3)19-14(17)13(11)20-15(21)22/h8,23H,4-7,9-10H2,1-3H3,(H3,17,18,19). The van der Waals surface area contributed by atoms with E-state index in [1.807, 2.05) is 17.6 Å². The minimum atomic E-state index is -0.808. The second-order valence-electron chi connectivity index (χ2n) is 6.60. The Bertz CT molecular complexity index is 727. The summed E-state index contributed by atoms with van der Waals surface area (Å²) >= 11 is 0. The lowest BCUT2D eigenvalue weighted by atomic mass is 10.0. The summed E-state index contributed by atoms with van der Waals surface area (Å²) in [5.74, 6) is 1.93. The summed E-state index contributed by atoms with van der Waals surface area (Å²) in [6, 6.07) is 1.93. The van der Waals surface area contributed by atoms with Gasteiger partial charge in [-0.2, -0.15) is 0 Å². The van der Waals surface area contributed by atoms with E-state index >= 15 is 0 Å². The second kappa shape index (κ2) is 6.45. The van der Waals surface area contributed by atoms with Crippen LogP contribution in [-0.4, -0.2) is 58.6 Å². The number of aliphatic hydroxyl groups is 1. The third-order valence-corrected chi connectivity index (χ3v) is 4.16. The predicted molar refractivity (Wildman–Crippen MR) is 95.4 cm³/mol. The molecule has 0 spiro atoms. The molecule has 4 N–H and O–H groups in total. The zero-order valence-corrected chi connectivity index (χ0v) is 14.5. The van der Waals surface area contributed by atoms with Gasteiger partial charge < -0.3 is 30.4 Å². The molecule has 1 aliphatic heterocycles. The van der Waals surface area contributed by atoms with Gasteiger partial charge in [-0.25, -0.2) is 9.97 Å². The molecule has 3 heterocycles. The minimum Gasteiger partial charge on any atom is -0.386 e. The predicted octanol–water partition coefficient (Wildman–Crippen LogP) is 1.05. The Morgan fingerprint density at radius 1 is 1.42 bits per heavy atom. The van der Waals surface area contributed by atoms with Crippen LogP contribution in [0.2, 0.25) is 0 Å². The van der Waals surface area contributed by atoms with Gasteiger partial charge in [-0.05, 0) is 13.3 Å². The molecule has 2 aromatic heterocycles. The van der Waals surface area contributed by atoms with Crippen molar-refractivity contribution in [3.63, 3.8) is 0 Å². The van der Waals surface area contributed by atoms with Crippen LogP contribution in [0, 0.1) is 0 Å². The molecular formula is C16H26N6O2. The normalized spacial score (nSPS) is 20.4. The maximum Gasteiger partial charge on any atom is 0.206 e. The van der Waals surface area contributed by atoms with E-state index < -0.39 is 5.60 Å². The van der Waals surface area contributed by atoms with Crippen LogP contribution in [0.5, 0.6) is 0 Å². The number of ether oxygens (including phenoxy) is 1. The highest BCUT2D eigenvalue weighted by Crippen LogP contribution is 2.33. The Morgan fingerprint density at radius 2 is 2.21 bits per heavy atom. The summed E-state index contributed by atoms with van der Waals surface area (Å²) in [4.78, 5) is 11.2. The van der Waals surface area contributed by atoms with Gasteiger partial charge in [0.05, 0.1) is 30.8 Å². The average molecular weight is 334 g/mol. The number of rotatable bonds is 6. The van der Waals surface area contributed by atoms with Gasteiger partial charge in [-0.3, -0.25) is 0 Å². The molecule has 0 fully saturated rings. The molecule has 0 aromatic carbocycles. The van der Waals surface area contributed by atoms with Crippen molar-refractivity contribution in [2.45, 2.75) is 32.4 Å². The van der Waals surface area contributed by atoms with Gasteiger partial charge >= 0.3 is 0 Å². The number of aromatic nitrogens is 3. The molecule has 2 aromatic rings. The van der Waals surface area contributed by atoms with Crippen molar-refractivity contribution < 1.29 is 9.84 Å². The van der Waals surface area contributed by atoms with Crippen LogP contribution in [0.3, 0.4) is 0 Å². The number of nitrogen functional groups attached to an aromatic ring is 1. The Morgan fingerprint density at radius 3 is 2.92 bits per heavy atom. The van der Waals surface area contributed by atoms with Gasteiger partial charge in [0, 0.05) is 26.3 Å². The number of nitrogens with zero attached hydrogens (tertiary/aromatic N) is 4. The molecule has 0 bridgehead atoms. The molecule has 8 heteroatoms. The first kappa shape index (κ1) is 16.8. The Labute approximate surface area is 141 Å². The van der Waals surface area contributed by atoms with Gasteiger partial charge in [-0.15, -0.1) is 0 Å². The largest absolute Gasteiger partial charge is 0.386 e. The molecule has 132 valence electrons. The molecule has 0 amide bonds. The number of pyridine rings is 1. The van der Waals surface area contributed by atoms with Crippen molar-refractivity contribution >= 4 is 28.6 Å². The number of nitrogens with one attached hydrogen (secondary N) is 1. The molecule has 1 atom stereocenters. The van der Waals surface area contributed by atoms with Gasteiger partial charge in [0.1, 0.15) is 11.3 Å². The highest BCUT2D eigenvalue weighted by molar-refractivity contribution is 5.89. The van der Waals surface area contributed by atoms with E-state index in [9.17, 15) is 5.11 Å². The van der Waals surface area contributed by atoms with Crippen LogP contribution in [0.15, 0.2) is 6.07 Å². The van der Waals surface area contributed by atoms with E-state index in [2.05, 4.69) is 22.1 Å². The monoisotopic (exact) mass is 334 g/mol. The van der Waals surface area contributed by atoms with E-state index in [-0.39, 0.29) is 0 Å². The lowest BCUT2D eigenvalue weighted by Gasteiger charge is -2.38. The summed E-state index contributed by atoms with van der Waals surface area (Å²) in [7, 11) is 1.66. The third kappa shape index (κ3) is 3.11. The smallest absolute Gasteiger partial charge is 0.206 e. The summed E-state index contributed by atoms with van der Waals surface area (Å²) in [5, 5.41) is 13.8. The maximum absolute atomic E-state index is 10.6. The number of imidazole rings is 1. The van der Waals surface area contributed by atoms with Crippen LogP contribution >= 0.6 is 0 Å². The number of nitrogens with two attached hydrogens (primary N) is 1. The first-order valence-corrected chi connectivity index (χ1v) is 8.32. The van der Waals surface area contributed by atoms with Crippen molar-refractivity contribution in [1.29, 1.82) is 0 Å². The van der Waals surface area contributed by atoms with Crippen LogP contribution < -0.4 is 16.0 Å². The fraction of sp³-hybridized carbons (Fsp3) is 0.625. The fourth-order valence-corrected chi connectivity index (χ4v) is 3.22. The first-order valence-electron chi connectivity index (χ1n) is 8.32. The van der Waals surface area contributed by atoms with Gasteiger partial charge in [0.15, 0.2) is 5.82 Å². The maximum atomic E-state index is 10.6. The number of methoxy groups -OCH3 is 1. The Kier molecular flexibility index (Phi) is 4.51. The van der Waals surface area contributed by atoms with E-state index in [1.165, 1.54) is 0 Å². The number of anilines is 3.